The molecule has 0 bridgehead atoms. The highest BCUT2D eigenvalue weighted by Crippen LogP contribution is 2.24. The fraction of sp³-hybridized carbons (Fsp3) is 0.182. The molecule has 2 heterocycles. The molecule has 0 saturated carbocycles. The Labute approximate surface area is 109 Å². The highest BCUT2D eigenvalue weighted by Gasteiger charge is 2.16. The van der Waals surface area contributed by atoms with E-state index in [4.69, 9.17) is 5.11 Å². The van der Waals surface area contributed by atoms with Crippen LogP contribution in [-0.2, 0) is 16.4 Å². The standard InChI is InChI=1S/C11H12N2O3S2/c14-8-5-10-1-2-11(17-10)18(15,16)13-9-3-6-12-7-4-9/h1-4,6-7,14H,5,8H2,(H,12,13). The first-order valence-corrected chi connectivity index (χ1v) is 7.54. The van der Waals surface area contributed by atoms with Crippen LogP contribution in [-0.4, -0.2) is 25.1 Å². The van der Waals surface area contributed by atoms with Gasteiger partial charge in [-0.1, -0.05) is 0 Å². The average molecular weight is 284 g/mol. The Kier molecular flexibility index (Phi) is 3.95. The smallest absolute Gasteiger partial charge is 0.271 e. The minimum atomic E-state index is -3.55. The molecule has 2 aromatic rings. The summed E-state index contributed by atoms with van der Waals surface area (Å²) in [5.74, 6) is 0. The molecule has 7 heteroatoms. The molecule has 0 aliphatic carbocycles. The van der Waals surface area contributed by atoms with Crippen molar-refractivity contribution in [3.8, 4) is 0 Å². The topological polar surface area (TPSA) is 79.3 Å². The number of rotatable bonds is 5. The van der Waals surface area contributed by atoms with Crippen LogP contribution in [0.5, 0.6) is 0 Å². The van der Waals surface area contributed by atoms with Crippen molar-refractivity contribution in [1.29, 1.82) is 0 Å². The van der Waals surface area contributed by atoms with Crippen molar-refractivity contribution >= 4 is 27.0 Å². The van der Waals surface area contributed by atoms with Crippen molar-refractivity contribution in [2.24, 2.45) is 0 Å². The van der Waals surface area contributed by atoms with E-state index in [0.717, 1.165) is 16.2 Å². The van der Waals surface area contributed by atoms with Crippen LogP contribution >= 0.6 is 11.3 Å². The van der Waals surface area contributed by atoms with Gasteiger partial charge < -0.3 is 5.11 Å². The van der Waals surface area contributed by atoms with Gasteiger partial charge in [-0.3, -0.25) is 9.71 Å². The second-order valence-electron chi connectivity index (χ2n) is 3.54. The summed E-state index contributed by atoms with van der Waals surface area (Å²) in [6, 6.07) is 6.42. The number of hydrogen-bond donors (Lipinski definition) is 2. The van der Waals surface area contributed by atoms with Crippen LogP contribution in [0.1, 0.15) is 4.88 Å². The number of aromatic nitrogens is 1. The molecule has 0 radical (unpaired) electrons. The van der Waals surface area contributed by atoms with Gasteiger partial charge in [0, 0.05) is 30.3 Å². The lowest BCUT2D eigenvalue weighted by atomic mass is 10.4. The van der Waals surface area contributed by atoms with Gasteiger partial charge in [-0.25, -0.2) is 8.42 Å². The molecule has 0 aliphatic heterocycles. The van der Waals surface area contributed by atoms with Crippen LogP contribution in [0.3, 0.4) is 0 Å². The van der Waals surface area contributed by atoms with Gasteiger partial charge in [-0.05, 0) is 24.3 Å². The maximum Gasteiger partial charge on any atom is 0.271 e. The van der Waals surface area contributed by atoms with E-state index in [1.54, 1.807) is 24.3 Å². The van der Waals surface area contributed by atoms with Gasteiger partial charge in [-0.2, -0.15) is 0 Å². The highest BCUT2D eigenvalue weighted by molar-refractivity contribution is 7.94. The van der Waals surface area contributed by atoms with Gasteiger partial charge in [0.15, 0.2) is 0 Å². The summed E-state index contributed by atoms with van der Waals surface area (Å²) in [5, 5.41) is 8.80. The third kappa shape index (κ3) is 3.06. The van der Waals surface area contributed by atoms with E-state index in [2.05, 4.69) is 9.71 Å². The number of anilines is 1. The van der Waals surface area contributed by atoms with Crippen LogP contribution in [0.25, 0.3) is 0 Å². The minimum absolute atomic E-state index is 0.0117. The summed E-state index contributed by atoms with van der Waals surface area (Å²) in [7, 11) is -3.55. The third-order valence-corrected chi connectivity index (χ3v) is 5.21. The van der Waals surface area contributed by atoms with Gasteiger partial charge in [0.1, 0.15) is 4.21 Å². The van der Waals surface area contributed by atoms with Crippen LogP contribution in [0.4, 0.5) is 5.69 Å². The fourth-order valence-corrected chi connectivity index (χ4v) is 3.78. The number of pyridine rings is 1. The molecule has 96 valence electrons. The van der Waals surface area contributed by atoms with Crippen molar-refractivity contribution in [1.82, 2.24) is 4.98 Å². The molecule has 2 N–H and O–H groups in total. The van der Waals surface area contributed by atoms with E-state index >= 15 is 0 Å². The van der Waals surface area contributed by atoms with E-state index < -0.39 is 10.0 Å². The maximum absolute atomic E-state index is 12.0. The van der Waals surface area contributed by atoms with Gasteiger partial charge in [0.2, 0.25) is 0 Å². The Bertz CT molecular complexity index is 608. The SMILES string of the molecule is O=S(=O)(Nc1ccncc1)c1ccc(CCO)s1. The van der Waals surface area contributed by atoms with Crippen LogP contribution in [0.15, 0.2) is 40.9 Å². The van der Waals surface area contributed by atoms with Crippen LogP contribution < -0.4 is 4.72 Å². The predicted octanol–water partition coefficient (Wildman–Crippen LogP) is 1.48. The largest absolute Gasteiger partial charge is 0.396 e. The maximum atomic E-state index is 12.0. The first-order valence-electron chi connectivity index (χ1n) is 5.24. The Morgan fingerprint density at radius 1 is 1.22 bits per heavy atom. The number of aliphatic hydroxyl groups excluding tert-OH is 1. The first kappa shape index (κ1) is 13.0. The summed E-state index contributed by atoms with van der Waals surface area (Å²) in [6.07, 6.45) is 3.50. The molecule has 0 saturated heterocycles. The molecule has 0 aromatic carbocycles. The van der Waals surface area contributed by atoms with Crippen molar-refractivity contribution in [2.45, 2.75) is 10.6 Å². The van der Waals surface area contributed by atoms with Crippen LogP contribution in [0, 0.1) is 0 Å². The number of nitrogens with zero attached hydrogens (tertiary/aromatic N) is 1. The molecule has 0 amide bonds. The molecule has 0 atom stereocenters. The summed E-state index contributed by atoms with van der Waals surface area (Å²) in [5.41, 5.74) is 0.474. The van der Waals surface area contributed by atoms with E-state index in [0.29, 0.717) is 12.1 Å². The molecule has 0 unspecified atom stereocenters. The van der Waals surface area contributed by atoms with Crippen molar-refractivity contribution in [2.75, 3.05) is 11.3 Å². The van der Waals surface area contributed by atoms with E-state index in [9.17, 15) is 8.42 Å². The predicted molar refractivity (Wildman–Crippen MR) is 70.2 cm³/mol. The van der Waals surface area contributed by atoms with Crippen molar-refractivity contribution in [3.05, 3.63) is 41.5 Å². The third-order valence-electron chi connectivity index (χ3n) is 2.19. The summed E-state index contributed by atoms with van der Waals surface area (Å²) >= 11 is 1.16. The normalized spacial score (nSPS) is 11.4. The highest BCUT2D eigenvalue weighted by atomic mass is 32.2. The molecule has 18 heavy (non-hydrogen) atoms. The van der Waals surface area contributed by atoms with E-state index in [1.165, 1.54) is 12.4 Å². The number of thiophene rings is 1. The number of hydrogen-bond acceptors (Lipinski definition) is 5. The average Bonchev–Trinajstić information content (AvgIpc) is 2.80. The summed E-state index contributed by atoms with van der Waals surface area (Å²) in [4.78, 5) is 4.66. The zero-order valence-electron chi connectivity index (χ0n) is 9.41. The second-order valence-corrected chi connectivity index (χ2v) is 6.61. The lowest BCUT2D eigenvalue weighted by Gasteiger charge is -2.04. The monoisotopic (exact) mass is 284 g/mol. The zero-order valence-corrected chi connectivity index (χ0v) is 11.0. The van der Waals surface area contributed by atoms with Gasteiger partial charge in [-0.15, -0.1) is 11.3 Å². The Balaban J connectivity index is 2.20. The molecule has 0 spiro atoms. The molecule has 5 nitrogen and oxygen atoms in total. The quantitative estimate of drug-likeness (QED) is 0.871. The van der Waals surface area contributed by atoms with E-state index in [-0.39, 0.29) is 10.8 Å². The van der Waals surface area contributed by atoms with Crippen molar-refractivity contribution in [3.63, 3.8) is 0 Å². The van der Waals surface area contributed by atoms with Gasteiger partial charge >= 0.3 is 0 Å². The summed E-state index contributed by atoms with van der Waals surface area (Å²) in [6.45, 7) is 0.0117. The molecule has 2 rings (SSSR count). The first-order chi connectivity index (χ1) is 8.62. The Morgan fingerprint density at radius 3 is 2.61 bits per heavy atom. The van der Waals surface area contributed by atoms with Crippen molar-refractivity contribution < 1.29 is 13.5 Å². The van der Waals surface area contributed by atoms with Gasteiger partial charge in [0.25, 0.3) is 10.0 Å². The van der Waals surface area contributed by atoms with Gasteiger partial charge in [0.05, 0.1) is 5.69 Å². The Morgan fingerprint density at radius 2 is 1.94 bits per heavy atom. The molecule has 0 fully saturated rings. The Hall–Kier alpha value is -1.44. The van der Waals surface area contributed by atoms with Crippen LogP contribution in [0.2, 0.25) is 0 Å². The lowest BCUT2D eigenvalue weighted by Crippen LogP contribution is -2.11. The number of sulfonamides is 1. The molecular formula is C11H12N2O3S2. The molecule has 2 aromatic heterocycles. The number of nitrogens with one attached hydrogen (secondary N) is 1. The molecular weight excluding hydrogens is 272 g/mol. The lowest BCUT2D eigenvalue weighted by molar-refractivity contribution is 0.300. The number of aliphatic hydroxyl groups is 1. The summed E-state index contributed by atoms with van der Waals surface area (Å²) < 4.78 is 26.8. The second kappa shape index (κ2) is 5.47. The molecule has 0 aliphatic rings. The van der Waals surface area contributed by atoms with E-state index in [1.807, 2.05) is 0 Å². The fourth-order valence-electron chi connectivity index (χ4n) is 1.37. The zero-order chi connectivity index (χ0) is 13.0. The minimum Gasteiger partial charge on any atom is -0.396 e.